The van der Waals surface area contributed by atoms with Gasteiger partial charge in [-0.2, -0.15) is 4.68 Å². The van der Waals surface area contributed by atoms with E-state index in [1.807, 2.05) is 67.6 Å². The molecule has 0 radical (unpaired) electrons. The van der Waals surface area contributed by atoms with Crippen LogP contribution in [0.2, 0.25) is 0 Å². The number of rotatable bonds is 4. The number of aromatic nitrogens is 4. The van der Waals surface area contributed by atoms with Crippen molar-refractivity contribution in [2.45, 2.75) is 13.0 Å². The van der Waals surface area contributed by atoms with Crippen molar-refractivity contribution in [3.8, 4) is 5.69 Å². The summed E-state index contributed by atoms with van der Waals surface area (Å²) >= 11 is 0. The number of anilines is 1. The monoisotopic (exact) mass is 305 g/mol. The van der Waals surface area contributed by atoms with Crippen LogP contribution in [0.1, 0.15) is 18.7 Å². The molecule has 1 atom stereocenters. The zero-order chi connectivity index (χ0) is 15.6. The molecule has 1 N–H and O–H groups in total. The molecule has 2 heterocycles. The Morgan fingerprint density at radius 2 is 1.83 bits per heavy atom. The zero-order valence-electron chi connectivity index (χ0n) is 12.5. The first-order chi connectivity index (χ1) is 11.3. The van der Waals surface area contributed by atoms with Gasteiger partial charge in [-0.25, -0.2) is 0 Å². The maximum atomic E-state index is 5.88. The van der Waals surface area contributed by atoms with E-state index in [9.17, 15) is 0 Å². The van der Waals surface area contributed by atoms with E-state index in [1.54, 1.807) is 4.68 Å². The summed E-state index contributed by atoms with van der Waals surface area (Å²) in [6.45, 7) is 2.02. The SMILES string of the molecule is C[C@H](Nc1nnnn1-c1ccccc1)c1cc2ccccc2o1. The zero-order valence-corrected chi connectivity index (χ0v) is 12.5. The fraction of sp³-hybridized carbons (Fsp3) is 0.118. The number of hydrogen-bond acceptors (Lipinski definition) is 5. The van der Waals surface area contributed by atoms with Crippen molar-refractivity contribution in [2.75, 3.05) is 5.32 Å². The molecular weight excluding hydrogens is 290 g/mol. The van der Waals surface area contributed by atoms with E-state index in [0.29, 0.717) is 5.95 Å². The first-order valence-corrected chi connectivity index (χ1v) is 7.40. The molecule has 0 saturated heterocycles. The second-order valence-corrected chi connectivity index (χ2v) is 5.30. The summed E-state index contributed by atoms with van der Waals surface area (Å²) in [5.41, 5.74) is 1.77. The van der Waals surface area contributed by atoms with Crippen LogP contribution in [0.3, 0.4) is 0 Å². The van der Waals surface area contributed by atoms with Crippen molar-refractivity contribution in [1.29, 1.82) is 0 Å². The molecular formula is C17H15N5O. The molecule has 0 spiro atoms. The lowest BCUT2D eigenvalue weighted by molar-refractivity contribution is 0.524. The lowest BCUT2D eigenvalue weighted by Crippen LogP contribution is -2.11. The number of benzene rings is 2. The molecule has 6 nitrogen and oxygen atoms in total. The lowest BCUT2D eigenvalue weighted by atomic mass is 10.2. The average Bonchev–Trinajstić information content (AvgIpc) is 3.22. The van der Waals surface area contributed by atoms with Gasteiger partial charge in [-0.05, 0) is 41.6 Å². The predicted octanol–water partition coefficient (Wildman–Crippen LogP) is 3.58. The molecule has 114 valence electrons. The topological polar surface area (TPSA) is 68.8 Å². The fourth-order valence-corrected chi connectivity index (χ4v) is 2.50. The number of nitrogens with one attached hydrogen (secondary N) is 1. The third-order valence-electron chi connectivity index (χ3n) is 3.69. The Labute approximate surface area is 132 Å². The molecule has 2 aromatic carbocycles. The Kier molecular flexibility index (Phi) is 3.27. The summed E-state index contributed by atoms with van der Waals surface area (Å²) in [7, 11) is 0. The lowest BCUT2D eigenvalue weighted by Gasteiger charge is -2.12. The Morgan fingerprint density at radius 3 is 2.65 bits per heavy atom. The van der Waals surface area contributed by atoms with Gasteiger partial charge in [-0.3, -0.25) is 0 Å². The van der Waals surface area contributed by atoms with Crippen LogP contribution >= 0.6 is 0 Å². The molecule has 0 bridgehead atoms. The van der Waals surface area contributed by atoms with Crippen LogP contribution in [0.25, 0.3) is 16.7 Å². The summed E-state index contributed by atoms with van der Waals surface area (Å²) in [6.07, 6.45) is 0. The Morgan fingerprint density at radius 1 is 1.04 bits per heavy atom. The van der Waals surface area contributed by atoms with Gasteiger partial charge >= 0.3 is 0 Å². The minimum atomic E-state index is -0.0594. The van der Waals surface area contributed by atoms with Crippen molar-refractivity contribution < 1.29 is 4.42 Å². The van der Waals surface area contributed by atoms with Crippen molar-refractivity contribution >= 4 is 16.9 Å². The first-order valence-electron chi connectivity index (χ1n) is 7.40. The van der Waals surface area contributed by atoms with Crippen LogP contribution < -0.4 is 5.32 Å². The van der Waals surface area contributed by atoms with Gasteiger partial charge in [0, 0.05) is 5.39 Å². The van der Waals surface area contributed by atoms with Gasteiger partial charge in [-0.15, -0.1) is 0 Å². The maximum absolute atomic E-state index is 5.88. The fourth-order valence-electron chi connectivity index (χ4n) is 2.50. The minimum Gasteiger partial charge on any atom is -0.459 e. The minimum absolute atomic E-state index is 0.0594. The maximum Gasteiger partial charge on any atom is 0.248 e. The summed E-state index contributed by atoms with van der Waals surface area (Å²) in [4.78, 5) is 0. The molecule has 23 heavy (non-hydrogen) atoms. The standard InChI is InChI=1S/C17H15N5O/c1-12(16-11-13-7-5-6-10-15(13)23-16)18-17-19-20-21-22(17)14-8-3-2-4-9-14/h2-12H,1H3,(H,18,19,21)/t12-/m0/s1. The predicted molar refractivity (Wildman–Crippen MR) is 87.4 cm³/mol. The molecule has 0 aliphatic rings. The van der Waals surface area contributed by atoms with Gasteiger partial charge in [-0.1, -0.05) is 41.5 Å². The molecule has 0 amide bonds. The van der Waals surface area contributed by atoms with E-state index in [4.69, 9.17) is 4.42 Å². The van der Waals surface area contributed by atoms with E-state index < -0.39 is 0 Å². The molecule has 0 fully saturated rings. The third kappa shape index (κ3) is 2.55. The van der Waals surface area contributed by atoms with Gasteiger partial charge in [0.1, 0.15) is 11.3 Å². The summed E-state index contributed by atoms with van der Waals surface area (Å²) in [6, 6.07) is 19.7. The quantitative estimate of drug-likeness (QED) is 0.624. The number of fused-ring (bicyclic) bond motifs is 1. The highest BCUT2D eigenvalue weighted by Crippen LogP contribution is 2.26. The Hall–Kier alpha value is -3.15. The molecule has 4 aromatic rings. The number of para-hydroxylation sites is 2. The van der Waals surface area contributed by atoms with Crippen LogP contribution in [0.4, 0.5) is 5.95 Å². The summed E-state index contributed by atoms with van der Waals surface area (Å²) in [5, 5.41) is 16.2. The molecule has 6 heteroatoms. The number of hydrogen-bond donors (Lipinski definition) is 1. The number of nitrogens with zero attached hydrogens (tertiary/aromatic N) is 4. The second-order valence-electron chi connectivity index (χ2n) is 5.30. The van der Waals surface area contributed by atoms with Gasteiger partial charge in [0.15, 0.2) is 0 Å². The highest BCUT2D eigenvalue weighted by Gasteiger charge is 2.15. The van der Waals surface area contributed by atoms with Crippen LogP contribution in [-0.2, 0) is 0 Å². The molecule has 2 aromatic heterocycles. The van der Waals surface area contributed by atoms with E-state index in [1.165, 1.54) is 0 Å². The first kappa shape index (κ1) is 13.5. The van der Waals surface area contributed by atoms with Gasteiger partial charge in [0.05, 0.1) is 11.7 Å². The van der Waals surface area contributed by atoms with Gasteiger partial charge in [0.2, 0.25) is 5.95 Å². The van der Waals surface area contributed by atoms with Crippen LogP contribution in [0.15, 0.2) is 65.1 Å². The Balaban J connectivity index is 1.62. The Bertz CT molecular complexity index is 895. The van der Waals surface area contributed by atoms with E-state index in [0.717, 1.165) is 22.4 Å². The van der Waals surface area contributed by atoms with Gasteiger partial charge in [0.25, 0.3) is 0 Å². The average molecular weight is 305 g/mol. The van der Waals surface area contributed by atoms with Crippen molar-refractivity contribution in [3.63, 3.8) is 0 Å². The molecule has 0 saturated carbocycles. The highest BCUT2D eigenvalue weighted by atomic mass is 16.3. The molecule has 0 aliphatic heterocycles. The van der Waals surface area contributed by atoms with Crippen LogP contribution in [0.5, 0.6) is 0 Å². The van der Waals surface area contributed by atoms with Gasteiger partial charge < -0.3 is 9.73 Å². The second kappa shape index (κ2) is 5.57. The molecule has 0 unspecified atom stereocenters. The van der Waals surface area contributed by atoms with Crippen LogP contribution in [0, 0.1) is 0 Å². The third-order valence-corrected chi connectivity index (χ3v) is 3.69. The van der Waals surface area contributed by atoms with Crippen LogP contribution in [-0.4, -0.2) is 20.2 Å². The summed E-state index contributed by atoms with van der Waals surface area (Å²) < 4.78 is 7.55. The smallest absolute Gasteiger partial charge is 0.248 e. The van der Waals surface area contributed by atoms with Crippen molar-refractivity contribution in [3.05, 3.63) is 66.4 Å². The van der Waals surface area contributed by atoms with E-state index in [2.05, 4.69) is 20.8 Å². The highest BCUT2D eigenvalue weighted by molar-refractivity contribution is 5.77. The largest absolute Gasteiger partial charge is 0.459 e. The molecule has 4 rings (SSSR count). The normalized spacial score (nSPS) is 12.4. The van der Waals surface area contributed by atoms with Crippen molar-refractivity contribution in [1.82, 2.24) is 20.2 Å². The number of furan rings is 1. The number of tetrazole rings is 1. The molecule has 0 aliphatic carbocycles. The van der Waals surface area contributed by atoms with E-state index in [-0.39, 0.29) is 6.04 Å². The van der Waals surface area contributed by atoms with E-state index >= 15 is 0 Å². The van der Waals surface area contributed by atoms with Crippen molar-refractivity contribution in [2.24, 2.45) is 0 Å². The summed E-state index contributed by atoms with van der Waals surface area (Å²) in [5.74, 6) is 1.41.